The van der Waals surface area contributed by atoms with Crippen LogP contribution in [0.5, 0.6) is 5.88 Å². The molecule has 0 bridgehead atoms. The second-order valence-electron chi connectivity index (χ2n) is 7.61. The summed E-state index contributed by atoms with van der Waals surface area (Å²) in [6.45, 7) is 0.374. The van der Waals surface area contributed by atoms with E-state index in [1.54, 1.807) is 30.2 Å². The zero-order valence-corrected chi connectivity index (χ0v) is 17.7. The topological polar surface area (TPSA) is 69.0 Å². The highest BCUT2D eigenvalue weighted by Gasteiger charge is 2.19. The number of aryl methyl sites for hydroxylation is 1. The van der Waals surface area contributed by atoms with Gasteiger partial charge >= 0.3 is 0 Å². The van der Waals surface area contributed by atoms with Crippen LogP contribution in [-0.4, -0.2) is 26.8 Å². The van der Waals surface area contributed by atoms with E-state index < -0.39 is 0 Å². The fourth-order valence-electron chi connectivity index (χ4n) is 3.76. The van der Waals surface area contributed by atoms with Gasteiger partial charge in [-0.3, -0.25) is 9.48 Å². The average Bonchev–Trinajstić information content (AvgIpc) is 3.15. The minimum Gasteiger partial charge on any atom is -0.474 e. The first kappa shape index (κ1) is 20.4. The number of amides is 1. The fourth-order valence-corrected chi connectivity index (χ4v) is 3.99. The van der Waals surface area contributed by atoms with E-state index in [1.807, 2.05) is 30.3 Å². The van der Waals surface area contributed by atoms with E-state index in [0.717, 1.165) is 24.0 Å². The van der Waals surface area contributed by atoms with E-state index >= 15 is 0 Å². The molecular weight excluding hydrogens is 400 g/mol. The highest BCUT2D eigenvalue weighted by Crippen LogP contribution is 2.29. The first-order chi connectivity index (χ1) is 14.6. The number of nitrogens with one attached hydrogen (secondary N) is 1. The molecule has 0 spiro atoms. The van der Waals surface area contributed by atoms with Crippen LogP contribution < -0.4 is 10.1 Å². The summed E-state index contributed by atoms with van der Waals surface area (Å²) in [4.78, 5) is 17.2. The van der Waals surface area contributed by atoms with Crippen LogP contribution in [0.15, 0.2) is 48.8 Å². The van der Waals surface area contributed by atoms with Crippen LogP contribution in [0.2, 0.25) is 5.02 Å². The number of carbonyl (C=O) groups excluding carboxylic acids is 1. The molecule has 30 heavy (non-hydrogen) atoms. The summed E-state index contributed by atoms with van der Waals surface area (Å²) in [5.74, 6) is 0.413. The van der Waals surface area contributed by atoms with Crippen molar-refractivity contribution in [2.45, 2.75) is 44.8 Å². The van der Waals surface area contributed by atoms with Gasteiger partial charge in [0.1, 0.15) is 11.8 Å². The summed E-state index contributed by atoms with van der Waals surface area (Å²) in [5, 5.41) is 7.97. The largest absolute Gasteiger partial charge is 0.474 e. The maximum atomic E-state index is 12.9. The van der Waals surface area contributed by atoms with Crippen molar-refractivity contribution in [1.82, 2.24) is 20.1 Å². The third-order valence-electron chi connectivity index (χ3n) is 5.29. The van der Waals surface area contributed by atoms with Crippen LogP contribution in [0.3, 0.4) is 0 Å². The number of rotatable bonds is 6. The zero-order chi connectivity index (χ0) is 20.9. The summed E-state index contributed by atoms with van der Waals surface area (Å²) in [6.07, 6.45) is 9.52. The van der Waals surface area contributed by atoms with Gasteiger partial charge in [0.25, 0.3) is 5.91 Å². The van der Waals surface area contributed by atoms with Crippen LogP contribution in [-0.2, 0) is 13.6 Å². The summed E-state index contributed by atoms with van der Waals surface area (Å²) < 4.78 is 7.65. The normalized spacial score (nSPS) is 14.5. The van der Waals surface area contributed by atoms with Crippen LogP contribution >= 0.6 is 11.6 Å². The van der Waals surface area contributed by atoms with E-state index in [9.17, 15) is 4.79 Å². The average molecular weight is 425 g/mol. The van der Waals surface area contributed by atoms with Crippen molar-refractivity contribution in [2.24, 2.45) is 7.05 Å². The minimum absolute atomic E-state index is 0.204. The van der Waals surface area contributed by atoms with Crippen LogP contribution in [0.4, 0.5) is 0 Å². The first-order valence-electron chi connectivity index (χ1n) is 10.3. The van der Waals surface area contributed by atoms with Gasteiger partial charge in [0.15, 0.2) is 0 Å². The Labute approximate surface area is 181 Å². The lowest BCUT2D eigenvalue weighted by Gasteiger charge is -2.22. The molecule has 1 saturated carbocycles. The van der Waals surface area contributed by atoms with E-state index in [4.69, 9.17) is 16.3 Å². The minimum atomic E-state index is -0.204. The molecule has 0 radical (unpaired) electrons. The lowest BCUT2D eigenvalue weighted by Crippen LogP contribution is -2.23. The second kappa shape index (κ2) is 9.30. The molecule has 0 unspecified atom stereocenters. The Balaban J connectivity index is 1.44. The second-order valence-corrected chi connectivity index (χ2v) is 8.01. The summed E-state index contributed by atoms with van der Waals surface area (Å²) >= 11 is 6.31. The summed E-state index contributed by atoms with van der Waals surface area (Å²) in [5.41, 5.74) is 2.72. The third-order valence-corrected chi connectivity index (χ3v) is 5.62. The van der Waals surface area contributed by atoms with Gasteiger partial charge in [-0.15, -0.1) is 0 Å². The lowest BCUT2D eigenvalue weighted by molar-refractivity contribution is 0.0951. The molecular formula is C23H25ClN4O2. The Morgan fingerprint density at radius 3 is 2.83 bits per heavy atom. The fraction of sp³-hybridized carbons (Fsp3) is 0.348. The first-order valence-corrected chi connectivity index (χ1v) is 10.7. The number of hydrogen-bond acceptors (Lipinski definition) is 4. The Hall–Kier alpha value is -2.86. The quantitative estimate of drug-likeness (QED) is 0.618. The van der Waals surface area contributed by atoms with Gasteiger partial charge < -0.3 is 10.1 Å². The van der Waals surface area contributed by atoms with Gasteiger partial charge in [-0.25, -0.2) is 4.98 Å². The molecule has 3 aromatic rings. The maximum absolute atomic E-state index is 12.9. The molecule has 0 aliphatic heterocycles. The molecule has 7 heteroatoms. The number of hydrogen-bond donors (Lipinski definition) is 1. The van der Waals surface area contributed by atoms with Crippen LogP contribution in [0, 0.1) is 0 Å². The molecule has 1 aliphatic carbocycles. The number of ether oxygens (including phenoxy) is 1. The van der Waals surface area contributed by atoms with Gasteiger partial charge in [0.2, 0.25) is 5.88 Å². The van der Waals surface area contributed by atoms with E-state index in [2.05, 4.69) is 15.4 Å². The molecule has 6 nitrogen and oxygen atoms in total. The van der Waals surface area contributed by atoms with E-state index in [0.29, 0.717) is 28.7 Å². The number of carbonyl (C=O) groups is 1. The number of aromatic nitrogens is 3. The van der Waals surface area contributed by atoms with Crippen LogP contribution in [0.1, 0.15) is 48.0 Å². The van der Waals surface area contributed by atoms with E-state index in [1.165, 1.54) is 19.3 Å². The highest BCUT2D eigenvalue weighted by atomic mass is 35.5. The molecule has 1 aromatic carbocycles. The molecule has 1 N–H and O–H groups in total. The van der Waals surface area contributed by atoms with Crippen molar-refractivity contribution in [3.8, 4) is 17.1 Å². The molecule has 2 aromatic heterocycles. The standard InChI is InChI=1S/C23H25ClN4O2/c1-28-15-19(22(27-28)18-9-5-6-10-20(18)24)23(29)26-14-16-11-12-25-21(13-16)30-17-7-3-2-4-8-17/h5-6,9-13,15,17H,2-4,7-8,14H2,1H3,(H,26,29). The number of pyridine rings is 1. The molecule has 1 fully saturated rings. The van der Waals surface area contributed by atoms with Crippen molar-refractivity contribution in [1.29, 1.82) is 0 Å². The number of benzene rings is 1. The predicted molar refractivity (Wildman–Crippen MR) is 117 cm³/mol. The number of nitrogens with zero attached hydrogens (tertiary/aromatic N) is 3. The lowest BCUT2D eigenvalue weighted by atomic mass is 9.98. The molecule has 0 saturated heterocycles. The summed E-state index contributed by atoms with van der Waals surface area (Å²) in [6, 6.07) is 11.2. The Morgan fingerprint density at radius 2 is 2.03 bits per heavy atom. The third kappa shape index (κ3) is 4.82. The van der Waals surface area contributed by atoms with Gasteiger partial charge in [0, 0.05) is 37.6 Å². The maximum Gasteiger partial charge on any atom is 0.255 e. The molecule has 156 valence electrons. The van der Waals surface area contributed by atoms with Gasteiger partial charge in [-0.2, -0.15) is 5.10 Å². The Bertz CT molecular complexity index is 1030. The van der Waals surface area contributed by atoms with Gasteiger partial charge in [-0.1, -0.05) is 36.2 Å². The molecule has 2 heterocycles. The van der Waals surface area contributed by atoms with Gasteiger partial charge in [-0.05, 0) is 43.4 Å². The van der Waals surface area contributed by atoms with Crippen molar-refractivity contribution < 1.29 is 9.53 Å². The van der Waals surface area contributed by atoms with Crippen molar-refractivity contribution in [3.63, 3.8) is 0 Å². The molecule has 1 aliphatic rings. The molecule has 1 amide bonds. The molecule has 0 atom stereocenters. The molecule has 4 rings (SSSR count). The van der Waals surface area contributed by atoms with E-state index in [-0.39, 0.29) is 12.0 Å². The summed E-state index contributed by atoms with van der Waals surface area (Å²) in [7, 11) is 1.79. The van der Waals surface area contributed by atoms with Gasteiger partial charge in [0.05, 0.1) is 10.6 Å². The SMILES string of the molecule is Cn1cc(C(=O)NCc2ccnc(OC3CCCCC3)c2)c(-c2ccccc2Cl)n1. The van der Waals surface area contributed by atoms with Crippen molar-refractivity contribution >= 4 is 17.5 Å². The van der Waals surface area contributed by atoms with Crippen LogP contribution in [0.25, 0.3) is 11.3 Å². The monoisotopic (exact) mass is 424 g/mol. The number of halogens is 1. The Kier molecular flexibility index (Phi) is 6.33. The highest BCUT2D eigenvalue weighted by molar-refractivity contribution is 6.33. The predicted octanol–water partition coefficient (Wildman–Crippen LogP) is 4.78. The van der Waals surface area contributed by atoms with Crippen molar-refractivity contribution in [3.05, 3.63) is 64.9 Å². The zero-order valence-electron chi connectivity index (χ0n) is 17.0. The van der Waals surface area contributed by atoms with Crippen molar-refractivity contribution in [2.75, 3.05) is 0 Å². The Morgan fingerprint density at radius 1 is 1.23 bits per heavy atom. The smallest absolute Gasteiger partial charge is 0.255 e.